The highest BCUT2D eigenvalue weighted by Crippen LogP contribution is 2.35. The number of aromatic amines is 2. The number of H-pyrrole nitrogens is 2. The van der Waals surface area contributed by atoms with Gasteiger partial charge in [-0.2, -0.15) is 5.10 Å². The summed E-state index contributed by atoms with van der Waals surface area (Å²) < 4.78 is 14.6. The molecule has 4 aromatic heterocycles. The highest BCUT2D eigenvalue weighted by Gasteiger charge is 2.15. The van der Waals surface area contributed by atoms with Gasteiger partial charge in [-0.1, -0.05) is 18.2 Å². The fraction of sp³-hybridized carbons (Fsp3) is 0.138. The van der Waals surface area contributed by atoms with Gasteiger partial charge < -0.3 is 15.2 Å². The number of nitrogens with one attached hydrogen (secondary N) is 3. The summed E-state index contributed by atoms with van der Waals surface area (Å²) in [6.07, 6.45) is 3.54. The Morgan fingerprint density at radius 3 is 2.65 bits per heavy atom. The Labute approximate surface area is 213 Å². The Morgan fingerprint density at radius 1 is 0.892 bits per heavy atom. The van der Waals surface area contributed by atoms with Gasteiger partial charge in [0, 0.05) is 41.3 Å². The van der Waals surface area contributed by atoms with E-state index in [0.29, 0.717) is 0 Å². The lowest BCUT2D eigenvalue weighted by Gasteiger charge is -2.13. The molecule has 8 heteroatoms. The Hall–Kier alpha value is -4.56. The largest absolute Gasteiger partial charge is 0.384 e. The van der Waals surface area contributed by atoms with Crippen LogP contribution in [0.4, 0.5) is 10.1 Å². The van der Waals surface area contributed by atoms with Gasteiger partial charge in [-0.25, -0.2) is 4.39 Å². The lowest BCUT2D eigenvalue weighted by atomic mass is 10.0. The topological polar surface area (TPSA) is 85.5 Å². The van der Waals surface area contributed by atoms with Crippen molar-refractivity contribution in [3.05, 3.63) is 84.9 Å². The summed E-state index contributed by atoms with van der Waals surface area (Å²) in [5.41, 5.74) is 7.56. The van der Waals surface area contributed by atoms with Crippen molar-refractivity contribution in [3.8, 4) is 33.9 Å². The number of rotatable bonds is 7. The SMILES string of the molecule is CN(C)CCNc1cc(F)cc(-c2cccc3[nH]c(-c4n[nH]c5cnc(-c6ccccn6)cc45)cc23)c1. The third-order valence-corrected chi connectivity index (χ3v) is 6.39. The van der Waals surface area contributed by atoms with E-state index in [4.69, 9.17) is 0 Å². The quantitative estimate of drug-likeness (QED) is 0.257. The molecule has 37 heavy (non-hydrogen) atoms. The van der Waals surface area contributed by atoms with Crippen LogP contribution in [-0.4, -0.2) is 57.2 Å². The van der Waals surface area contributed by atoms with Crippen molar-refractivity contribution >= 4 is 27.5 Å². The van der Waals surface area contributed by atoms with E-state index in [9.17, 15) is 4.39 Å². The molecule has 0 spiro atoms. The molecule has 0 aliphatic rings. The van der Waals surface area contributed by atoms with E-state index in [1.165, 1.54) is 6.07 Å². The smallest absolute Gasteiger partial charge is 0.125 e. The number of aromatic nitrogens is 5. The predicted molar refractivity (Wildman–Crippen MR) is 147 cm³/mol. The average molecular weight is 492 g/mol. The van der Waals surface area contributed by atoms with E-state index in [1.54, 1.807) is 18.5 Å². The summed E-state index contributed by atoms with van der Waals surface area (Å²) in [5.74, 6) is -0.273. The second-order valence-corrected chi connectivity index (χ2v) is 9.31. The van der Waals surface area contributed by atoms with Crippen LogP contribution in [0, 0.1) is 5.82 Å². The number of hydrogen-bond donors (Lipinski definition) is 3. The van der Waals surface area contributed by atoms with Gasteiger partial charge in [-0.3, -0.25) is 15.1 Å². The van der Waals surface area contributed by atoms with Gasteiger partial charge in [0.25, 0.3) is 0 Å². The molecule has 3 N–H and O–H groups in total. The van der Waals surface area contributed by atoms with Crippen LogP contribution >= 0.6 is 0 Å². The molecule has 6 aromatic rings. The molecule has 0 atom stereocenters. The number of anilines is 1. The van der Waals surface area contributed by atoms with Gasteiger partial charge in [-0.15, -0.1) is 0 Å². The van der Waals surface area contributed by atoms with Crippen LogP contribution in [0.1, 0.15) is 0 Å². The molecule has 2 aromatic carbocycles. The van der Waals surface area contributed by atoms with E-state index < -0.39 is 0 Å². The first kappa shape index (κ1) is 22.9. The van der Waals surface area contributed by atoms with Crippen molar-refractivity contribution in [2.24, 2.45) is 0 Å². The molecule has 0 saturated carbocycles. The first-order valence-corrected chi connectivity index (χ1v) is 12.1. The molecule has 0 saturated heterocycles. The monoisotopic (exact) mass is 491 g/mol. The molecular weight excluding hydrogens is 465 g/mol. The summed E-state index contributed by atoms with van der Waals surface area (Å²) >= 11 is 0. The second-order valence-electron chi connectivity index (χ2n) is 9.31. The van der Waals surface area contributed by atoms with Gasteiger partial charge in [0.15, 0.2) is 0 Å². The number of benzene rings is 2. The van der Waals surface area contributed by atoms with Gasteiger partial charge in [0.2, 0.25) is 0 Å². The van der Waals surface area contributed by atoms with E-state index >= 15 is 0 Å². The maximum atomic E-state index is 14.6. The first-order valence-electron chi connectivity index (χ1n) is 12.1. The fourth-order valence-electron chi connectivity index (χ4n) is 4.58. The van der Waals surface area contributed by atoms with Crippen LogP contribution in [0.3, 0.4) is 0 Å². The molecule has 184 valence electrons. The van der Waals surface area contributed by atoms with Crippen LogP contribution < -0.4 is 5.32 Å². The summed E-state index contributed by atoms with van der Waals surface area (Å²) in [5, 5.41) is 12.9. The van der Waals surface area contributed by atoms with Crippen LogP contribution in [0.5, 0.6) is 0 Å². The lowest BCUT2D eigenvalue weighted by Crippen LogP contribution is -2.20. The van der Waals surface area contributed by atoms with E-state index in [1.807, 2.05) is 62.6 Å². The maximum Gasteiger partial charge on any atom is 0.125 e. The zero-order valence-corrected chi connectivity index (χ0v) is 20.6. The summed E-state index contributed by atoms with van der Waals surface area (Å²) in [6.45, 7) is 1.59. The Bertz CT molecular complexity index is 1700. The van der Waals surface area contributed by atoms with Crippen LogP contribution in [-0.2, 0) is 0 Å². The van der Waals surface area contributed by atoms with Crippen LogP contribution in [0.2, 0.25) is 0 Å². The average Bonchev–Trinajstić information content (AvgIpc) is 3.52. The van der Waals surface area contributed by atoms with Gasteiger partial charge >= 0.3 is 0 Å². The number of hydrogen-bond acceptors (Lipinski definition) is 5. The van der Waals surface area contributed by atoms with Crippen LogP contribution in [0.25, 0.3) is 55.7 Å². The summed E-state index contributed by atoms with van der Waals surface area (Å²) in [4.78, 5) is 14.6. The predicted octanol–water partition coefficient (Wildman–Crippen LogP) is 5.95. The number of likely N-dealkylation sites (N-methyl/N-ethyl adjacent to an activating group) is 1. The van der Waals surface area contributed by atoms with Gasteiger partial charge in [0.1, 0.15) is 11.5 Å². The molecule has 0 amide bonds. The Morgan fingerprint density at radius 2 is 1.81 bits per heavy atom. The molecule has 0 bridgehead atoms. The molecule has 0 radical (unpaired) electrons. The molecular formula is C29H26FN7. The molecule has 7 nitrogen and oxygen atoms in total. The molecule has 6 rings (SSSR count). The third kappa shape index (κ3) is 4.54. The van der Waals surface area contributed by atoms with Gasteiger partial charge in [0.05, 0.1) is 28.8 Å². The first-order chi connectivity index (χ1) is 18.0. The lowest BCUT2D eigenvalue weighted by molar-refractivity contribution is 0.425. The highest BCUT2D eigenvalue weighted by atomic mass is 19.1. The molecule has 0 aliphatic carbocycles. The standard InChI is InChI=1S/C29H26FN7/c1-37(2)11-10-31-20-13-18(12-19(30)14-20)21-6-5-8-24-22(21)15-27(34-24)29-23-16-26(25-7-3-4-9-32-25)33-17-28(23)35-36-29/h3-9,12-17,31,34H,10-11H2,1-2H3,(H,35,36). The minimum absolute atomic E-state index is 0.273. The van der Waals surface area contributed by atoms with E-state index in [0.717, 1.165) is 74.5 Å². The Balaban J connectivity index is 1.41. The molecule has 0 fully saturated rings. The van der Waals surface area contributed by atoms with E-state index in [2.05, 4.69) is 41.4 Å². The fourth-order valence-corrected chi connectivity index (χ4v) is 4.58. The van der Waals surface area contributed by atoms with Crippen molar-refractivity contribution < 1.29 is 4.39 Å². The zero-order chi connectivity index (χ0) is 25.4. The number of halogens is 1. The summed E-state index contributed by atoms with van der Waals surface area (Å²) in [6, 6.07) is 21.0. The zero-order valence-electron chi connectivity index (χ0n) is 20.6. The van der Waals surface area contributed by atoms with E-state index in [-0.39, 0.29) is 5.82 Å². The summed E-state index contributed by atoms with van der Waals surface area (Å²) in [7, 11) is 4.03. The van der Waals surface area contributed by atoms with Crippen molar-refractivity contribution in [1.29, 1.82) is 0 Å². The molecule has 4 heterocycles. The van der Waals surface area contributed by atoms with Gasteiger partial charge in [-0.05, 0) is 73.8 Å². The number of pyridine rings is 2. The second kappa shape index (κ2) is 9.48. The minimum atomic E-state index is -0.273. The maximum absolute atomic E-state index is 14.6. The normalized spacial score (nSPS) is 11.6. The minimum Gasteiger partial charge on any atom is -0.384 e. The van der Waals surface area contributed by atoms with Crippen molar-refractivity contribution in [1.82, 2.24) is 30.0 Å². The molecule has 0 aliphatic heterocycles. The van der Waals surface area contributed by atoms with Crippen molar-refractivity contribution in [2.45, 2.75) is 0 Å². The van der Waals surface area contributed by atoms with Crippen molar-refractivity contribution in [3.63, 3.8) is 0 Å². The number of nitrogens with zero attached hydrogens (tertiary/aromatic N) is 4. The molecule has 0 unspecified atom stereocenters. The third-order valence-electron chi connectivity index (χ3n) is 6.39. The Kier molecular flexibility index (Phi) is 5.86. The van der Waals surface area contributed by atoms with Crippen molar-refractivity contribution in [2.75, 3.05) is 32.5 Å². The highest BCUT2D eigenvalue weighted by molar-refractivity contribution is 6.01. The van der Waals surface area contributed by atoms with Crippen LogP contribution in [0.15, 0.2) is 79.1 Å². The number of fused-ring (bicyclic) bond motifs is 2.